The van der Waals surface area contributed by atoms with Gasteiger partial charge in [-0.25, -0.2) is 4.98 Å². The number of hydrogen-bond donors (Lipinski definition) is 1. The van der Waals surface area contributed by atoms with Crippen molar-refractivity contribution < 1.29 is 19.1 Å². The van der Waals surface area contributed by atoms with E-state index in [0.29, 0.717) is 12.8 Å². The van der Waals surface area contributed by atoms with Gasteiger partial charge in [-0.15, -0.1) is 0 Å². The molecule has 1 amide bonds. The highest BCUT2D eigenvalue weighted by Crippen LogP contribution is 2.36. The van der Waals surface area contributed by atoms with Crippen LogP contribution in [0.3, 0.4) is 0 Å². The number of carboxylic acids is 1. The van der Waals surface area contributed by atoms with Gasteiger partial charge in [0.1, 0.15) is 0 Å². The summed E-state index contributed by atoms with van der Waals surface area (Å²) in [5.41, 5.74) is -0.848. The minimum atomic E-state index is -0.941. The quantitative estimate of drug-likeness (QED) is 0.866. The summed E-state index contributed by atoms with van der Waals surface area (Å²) >= 11 is 0. The van der Waals surface area contributed by atoms with Crippen LogP contribution in [0, 0.1) is 5.95 Å². The third kappa shape index (κ3) is 3.20. The minimum absolute atomic E-state index is 0.114. The van der Waals surface area contributed by atoms with E-state index >= 15 is 0 Å². The molecule has 1 aromatic heterocycles. The molecule has 1 saturated carbocycles. The van der Waals surface area contributed by atoms with E-state index in [1.165, 1.54) is 23.2 Å². The van der Waals surface area contributed by atoms with Gasteiger partial charge < -0.3 is 10.0 Å². The molecule has 0 saturated heterocycles. The zero-order valence-corrected chi connectivity index (χ0v) is 12.0. The second-order valence-electron chi connectivity index (χ2n) is 5.56. The monoisotopic (exact) mass is 294 g/mol. The van der Waals surface area contributed by atoms with Gasteiger partial charge in [0.05, 0.1) is 17.5 Å². The van der Waals surface area contributed by atoms with E-state index < -0.39 is 23.4 Å². The number of aromatic nitrogens is 1. The van der Waals surface area contributed by atoms with Gasteiger partial charge in [-0.2, -0.15) is 4.39 Å². The number of hydrogen-bond acceptors (Lipinski definition) is 3. The highest BCUT2D eigenvalue weighted by molar-refractivity contribution is 5.94. The van der Waals surface area contributed by atoms with Crippen molar-refractivity contribution in [2.24, 2.45) is 0 Å². The highest BCUT2D eigenvalue weighted by Gasteiger charge is 2.41. The van der Waals surface area contributed by atoms with E-state index in [1.807, 2.05) is 0 Å². The van der Waals surface area contributed by atoms with Gasteiger partial charge in [0.15, 0.2) is 0 Å². The average Bonchev–Trinajstić information content (AvgIpc) is 2.46. The van der Waals surface area contributed by atoms with Crippen molar-refractivity contribution in [1.82, 2.24) is 9.88 Å². The largest absolute Gasteiger partial charge is 0.481 e. The van der Waals surface area contributed by atoms with Crippen LogP contribution in [-0.2, 0) is 4.79 Å². The fourth-order valence-corrected chi connectivity index (χ4v) is 3.06. The molecule has 1 aliphatic carbocycles. The van der Waals surface area contributed by atoms with Crippen molar-refractivity contribution in [3.8, 4) is 0 Å². The number of carbonyl (C=O) groups excluding carboxylic acids is 1. The van der Waals surface area contributed by atoms with Gasteiger partial charge in [-0.3, -0.25) is 9.59 Å². The Labute approximate surface area is 122 Å². The number of rotatable bonds is 4. The fraction of sp³-hybridized carbons (Fsp3) is 0.533. The van der Waals surface area contributed by atoms with Crippen molar-refractivity contribution in [3.63, 3.8) is 0 Å². The molecule has 1 fully saturated rings. The Morgan fingerprint density at radius 3 is 2.62 bits per heavy atom. The van der Waals surface area contributed by atoms with E-state index in [1.54, 1.807) is 7.05 Å². The van der Waals surface area contributed by atoms with Crippen molar-refractivity contribution in [1.29, 1.82) is 0 Å². The number of nitrogens with zero attached hydrogens (tertiary/aromatic N) is 2. The third-order valence-corrected chi connectivity index (χ3v) is 4.27. The van der Waals surface area contributed by atoms with E-state index in [9.17, 15) is 14.0 Å². The first-order valence-electron chi connectivity index (χ1n) is 7.07. The molecule has 5 nitrogen and oxygen atoms in total. The zero-order valence-electron chi connectivity index (χ0n) is 12.0. The first kappa shape index (κ1) is 15.4. The highest BCUT2D eigenvalue weighted by atomic mass is 19.1. The molecule has 1 aliphatic rings. The van der Waals surface area contributed by atoms with Crippen LogP contribution in [0.4, 0.5) is 4.39 Å². The molecule has 0 spiro atoms. The maximum Gasteiger partial charge on any atom is 0.305 e. The normalized spacial score (nSPS) is 17.2. The molecule has 1 heterocycles. The Morgan fingerprint density at radius 2 is 2.05 bits per heavy atom. The van der Waals surface area contributed by atoms with Crippen LogP contribution in [0.5, 0.6) is 0 Å². The van der Waals surface area contributed by atoms with Crippen LogP contribution in [0.15, 0.2) is 18.3 Å². The predicted octanol–water partition coefficient (Wildman–Crippen LogP) is 2.47. The smallest absolute Gasteiger partial charge is 0.305 e. The molecule has 0 aromatic carbocycles. The Bertz CT molecular complexity index is 541. The lowest BCUT2D eigenvalue weighted by molar-refractivity contribution is -0.140. The molecule has 1 N–H and O–H groups in total. The Kier molecular flexibility index (Phi) is 4.55. The second kappa shape index (κ2) is 6.20. The van der Waals surface area contributed by atoms with Gasteiger partial charge >= 0.3 is 5.97 Å². The van der Waals surface area contributed by atoms with Crippen LogP contribution >= 0.6 is 0 Å². The average molecular weight is 294 g/mol. The molecule has 0 unspecified atom stereocenters. The van der Waals surface area contributed by atoms with Gasteiger partial charge in [0.2, 0.25) is 5.95 Å². The number of halogens is 1. The van der Waals surface area contributed by atoms with E-state index in [4.69, 9.17) is 5.11 Å². The standard InChI is InChI=1S/C15H19FN2O3/c1-18(14(21)11-6-5-9-17-13(11)16)15(10-12(19)20)7-3-2-4-8-15/h5-6,9H,2-4,7-8,10H2,1H3,(H,19,20). The van der Waals surface area contributed by atoms with Crippen LogP contribution in [0.2, 0.25) is 0 Å². The van der Waals surface area contributed by atoms with Crippen molar-refractivity contribution in [3.05, 3.63) is 29.8 Å². The summed E-state index contributed by atoms with van der Waals surface area (Å²) < 4.78 is 13.7. The summed E-state index contributed by atoms with van der Waals surface area (Å²) in [6, 6.07) is 2.87. The van der Waals surface area contributed by atoms with Gasteiger partial charge in [0.25, 0.3) is 5.91 Å². The Hall–Kier alpha value is -1.98. The molecular weight excluding hydrogens is 275 g/mol. The van der Waals surface area contributed by atoms with E-state index in [2.05, 4.69) is 4.98 Å². The van der Waals surface area contributed by atoms with Crippen LogP contribution in [0.1, 0.15) is 48.9 Å². The van der Waals surface area contributed by atoms with E-state index in [0.717, 1.165) is 19.3 Å². The molecule has 0 atom stereocenters. The van der Waals surface area contributed by atoms with Crippen LogP contribution < -0.4 is 0 Å². The van der Waals surface area contributed by atoms with Crippen LogP contribution in [-0.4, -0.2) is 39.5 Å². The fourth-order valence-electron chi connectivity index (χ4n) is 3.06. The Morgan fingerprint density at radius 1 is 1.38 bits per heavy atom. The lowest BCUT2D eigenvalue weighted by atomic mass is 9.78. The third-order valence-electron chi connectivity index (χ3n) is 4.27. The van der Waals surface area contributed by atoms with Gasteiger partial charge in [-0.05, 0) is 25.0 Å². The van der Waals surface area contributed by atoms with Gasteiger partial charge in [-0.1, -0.05) is 19.3 Å². The summed E-state index contributed by atoms with van der Waals surface area (Å²) in [6.45, 7) is 0. The number of carboxylic acid groups (broad SMARTS) is 1. The van der Waals surface area contributed by atoms with Gasteiger partial charge in [0, 0.05) is 13.2 Å². The molecule has 0 aliphatic heterocycles. The number of amides is 1. The predicted molar refractivity (Wildman–Crippen MR) is 74.4 cm³/mol. The second-order valence-corrected chi connectivity index (χ2v) is 5.56. The van der Waals surface area contributed by atoms with Crippen molar-refractivity contribution >= 4 is 11.9 Å². The Balaban J connectivity index is 2.29. The first-order valence-corrected chi connectivity index (χ1v) is 7.07. The molecule has 114 valence electrons. The minimum Gasteiger partial charge on any atom is -0.481 e. The lowest BCUT2D eigenvalue weighted by Gasteiger charge is -2.43. The molecule has 0 bridgehead atoms. The number of aliphatic carboxylic acids is 1. The summed E-state index contributed by atoms with van der Waals surface area (Å²) in [4.78, 5) is 28.6. The molecular formula is C15H19FN2O3. The maximum absolute atomic E-state index is 13.7. The molecule has 1 aromatic rings. The lowest BCUT2D eigenvalue weighted by Crippen LogP contribution is -2.52. The number of carbonyl (C=O) groups is 2. The number of pyridine rings is 1. The van der Waals surface area contributed by atoms with Crippen LogP contribution in [0.25, 0.3) is 0 Å². The summed E-state index contributed by atoms with van der Waals surface area (Å²) in [6.07, 6.45) is 5.20. The molecule has 2 rings (SSSR count). The summed E-state index contributed by atoms with van der Waals surface area (Å²) in [5, 5.41) is 9.16. The summed E-state index contributed by atoms with van der Waals surface area (Å²) in [5.74, 6) is -2.28. The maximum atomic E-state index is 13.7. The molecule has 21 heavy (non-hydrogen) atoms. The first-order chi connectivity index (χ1) is 9.96. The van der Waals surface area contributed by atoms with E-state index in [-0.39, 0.29) is 12.0 Å². The SMILES string of the molecule is CN(C(=O)c1cccnc1F)C1(CC(=O)O)CCCCC1. The topological polar surface area (TPSA) is 70.5 Å². The van der Waals surface area contributed by atoms with Crippen molar-refractivity contribution in [2.75, 3.05) is 7.05 Å². The molecule has 6 heteroatoms. The van der Waals surface area contributed by atoms with Crippen molar-refractivity contribution in [2.45, 2.75) is 44.1 Å². The molecule has 0 radical (unpaired) electrons. The summed E-state index contributed by atoms with van der Waals surface area (Å²) in [7, 11) is 1.56. The zero-order chi connectivity index (χ0) is 15.5.